The Bertz CT molecular complexity index is 232. The second-order valence-corrected chi connectivity index (χ2v) is 4.53. The third-order valence-electron chi connectivity index (χ3n) is 3.39. The van der Waals surface area contributed by atoms with Crippen molar-refractivity contribution in [1.82, 2.24) is 4.90 Å². The number of amides is 1. The van der Waals surface area contributed by atoms with Gasteiger partial charge in [0.1, 0.15) is 6.10 Å². The molecule has 0 bridgehead atoms. The minimum Gasteiger partial charge on any atom is -0.368 e. The molecule has 2 heterocycles. The Labute approximate surface area is 103 Å². The molecule has 2 fully saturated rings. The molecule has 1 amide bonds. The Morgan fingerprint density at radius 3 is 2.75 bits per heavy atom. The van der Waals surface area contributed by atoms with E-state index in [1.165, 1.54) is 0 Å². The lowest BCUT2D eigenvalue weighted by Crippen LogP contribution is -2.41. The summed E-state index contributed by atoms with van der Waals surface area (Å²) in [5, 5.41) is 0. The molecule has 0 aromatic carbocycles. The number of carbonyl (C=O) groups is 1. The van der Waals surface area contributed by atoms with Gasteiger partial charge in [-0.05, 0) is 38.1 Å². The smallest absolute Gasteiger partial charge is 0.251 e. The first-order valence-corrected chi connectivity index (χ1v) is 5.91. The fourth-order valence-electron chi connectivity index (χ4n) is 2.36. The van der Waals surface area contributed by atoms with E-state index in [1.54, 1.807) is 0 Å². The summed E-state index contributed by atoms with van der Waals surface area (Å²) in [6.45, 7) is 3.12. The molecule has 2 atom stereocenters. The molecular weight excluding hydrogens is 228 g/mol. The molecule has 0 aromatic rings. The van der Waals surface area contributed by atoms with Gasteiger partial charge in [-0.3, -0.25) is 4.79 Å². The van der Waals surface area contributed by atoms with Crippen molar-refractivity contribution >= 4 is 18.3 Å². The van der Waals surface area contributed by atoms with E-state index in [0.717, 1.165) is 45.4 Å². The molecule has 0 aliphatic carbocycles. The van der Waals surface area contributed by atoms with Gasteiger partial charge in [-0.1, -0.05) is 0 Å². The molecule has 0 saturated carbocycles. The number of halogens is 1. The van der Waals surface area contributed by atoms with Gasteiger partial charge in [-0.2, -0.15) is 0 Å². The van der Waals surface area contributed by atoms with Crippen LogP contribution in [0.3, 0.4) is 0 Å². The van der Waals surface area contributed by atoms with E-state index in [-0.39, 0.29) is 24.4 Å². The van der Waals surface area contributed by atoms with Crippen LogP contribution in [0, 0.1) is 5.92 Å². The average molecular weight is 249 g/mol. The quantitative estimate of drug-likeness (QED) is 0.786. The van der Waals surface area contributed by atoms with Crippen LogP contribution in [0.4, 0.5) is 0 Å². The van der Waals surface area contributed by atoms with Crippen molar-refractivity contribution in [3.05, 3.63) is 0 Å². The van der Waals surface area contributed by atoms with E-state index in [0.29, 0.717) is 12.5 Å². The largest absolute Gasteiger partial charge is 0.368 e. The van der Waals surface area contributed by atoms with Crippen molar-refractivity contribution in [3.63, 3.8) is 0 Å². The first-order chi connectivity index (χ1) is 7.31. The molecule has 0 aromatic heterocycles. The van der Waals surface area contributed by atoms with Gasteiger partial charge >= 0.3 is 0 Å². The van der Waals surface area contributed by atoms with Crippen molar-refractivity contribution in [1.29, 1.82) is 0 Å². The maximum Gasteiger partial charge on any atom is 0.251 e. The normalized spacial score (nSPS) is 29.9. The zero-order valence-electron chi connectivity index (χ0n) is 9.56. The molecule has 0 spiro atoms. The zero-order chi connectivity index (χ0) is 10.7. The van der Waals surface area contributed by atoms with Crippen LogP contribution in [0.5, 0.6) is 0 Å². The van der Waals surface area contributed by atoms with Gasteiger partial charge in [0.15, 0.2) is 0 Å². The highest BCUT2D eigenvalue weighted by atomic mass is 35.5. The SMILES string of the molecule is Cl.NCC1CCN(C(=O)C2CCCCO2)C1. The van der Waals surface area contributed by atoms with E-state index >= 15 is 0 Å². The lowest BCUT2D eigenvalue weighted by Gasteiger charge is -2.26. The Hall–Kier alpha value is -0.320. The third-order valence-corrected chi connectivity index (χ3v) is 3.39. The van der Waals surface area contributed by atoms with Crippen LogP contribution in [0.2, 0.25) is 0 Å². The maximum absolute atomic E-state index is 12.0. The van der Waals surface area contributed by atoms with Crippen LogP contribution in [-0.2, 0) is 9.53 Å². The second-order valence-electron chi connectivity index (χ2n) is 4.53. The highest BCUT2D eigenvalue weighted by Gasteiger charge is 2.31. The van der Waals surface area contributed by atoms with Crippen molar-refractivity contribution in [2.45, 2.75) is 31.8 Å². The van der Waals surface area contributed by atoms with E-state index in [2.05, 4.69) is 0 Å². The van der Waals surface area contributed by atoms with Gasteiger partial charge in [0.2, 0.25) is 0 Å². The Morgan fingerprint density at radius 1 is 1.38 bits per heavy atom. The van der Waals surface area contributed by atoms with E-state index in [1.807, 2.05) is 4.90 Å². The predicted octanol–water partition coefficient (Wildman–Crippen LogP) is 0.784. The van der Waals surface area contributed by atoms with Crippen LogP contribution in [0.1, 0.15) is 25.7 Å². The minimum atomic E-state index is -0.171. The molecule has 2 rings (SSSR count). The summed E-state index contributed by atoms with van der Waals surface area (Å²) in [6, 6.07) is 0. The van der Waals surface area contributed by atoms with Gasteiger partial charge in [-0.15, -0.1) is 12.4 Å². The van der Waals surface area contributed by atoms with Crippen LogP contribution in [-0.4, -0.2) is 43.2 Å². The van der Waals surface area contributed by atoms with Gasteiger partial charge in [-0.25, -0.2) is 0 Å². The molecule has 0 radical (unpaired) electrons. The summed E-state index contributed by atoms with van der Waals surface area (Å²) < 4.78 is 5.50. The fourth-order valence-corrected chi connectivity index (χ4v) is 2.36. The van der Waals surface area contributed by atoms with Crippen molar-refractivity contribution < 1.29 is 9.53 Å². The van der Waals surface area contributed by atoms with Gasteiger partial charge in [0.05, 0.1) is 0 Å². The average Bonchev–Trinajstić information content (AvgIpc) is 2.78. The van der Waals surface area contributed by atoms with Crippen LogP contribution < -0.4 is 5.73 Å². The monoisotopic (exact) mass is 248 g/mol. The molecule has 2 unspecified atom stereocenters. The van der Waals surface area contributed by atoms with Gasteiger partial charge in [0.25, 0.3) is 5.91 Å². The standard InChI is InChI=1S/C11H20N2O2.ClH/c12-7-9-4-5-13(8-9)11(14)10-3-1-2-6-15-10;/h9-10H,1-8,12H2;1H. The van der Waals surface area contributed by atoms with E-state index < -0.39 is 0 Å². The van der Waals surface area contributed by atoms with Crippen molar-refractivity contribution in [3.8, 4) is 0 Å². The zero-order valence-corrected chi connectivity index (χ0v) is 10.4. The highest BCUT2D eigenvalue weighted by molar-refractivity contribution is 5.85. The topological polar surface area (TPSA) is 55.6 Å². The summed E-state index contributed by atoms with van der Waals surface area (Å²) in [5.41, 5.74) is 5.61. The van der Waals surface area contributed by atoms with Crippen LogP contribution >= 0.6 is 12.4 Å². The van der Waals surface area contributed by atoms with Crippen LogP contribution in [0.15, 0.2) is 0 Å². The molecule has 2 aliphatic rings. The maximum atomic E-state index is 12.0. The predicted molar refractivity (Wildman–Crippen MR) is 64.6 cm³/mol. The van der Waals surface area contributed by atoms with Crippen LogP contribution in [0.25, 0.3) is 0 Å². The van der Waals surface area contributed by atoms with Gasteiger partial charge < -0.3 is 15.4 Å². The Balaban J connectivity index is 0.00000128. The van der Waals surface area contributed by atoms with Crippen molar-refractivity contribution in [2.24, 2.45) is 11.7 Å². The Morgan fingerprint density at radius 2 is 2.19 bits per heavy atom. The lowest BCUT2D eigenvalue weighted by atomic mass is 10.1. The molecule has 2 N–H and O–H groups in total. The number of hydrogen-bond donors (Lipinski definition) is 1. The number of likely N-dealkylation sites (tertiary alicyclic amines) is 1. The third kappa shape index (κ3) is 3.09. The highest BCUT2D eigenvalue weighted by Crippen LogP contribution is 2.20. The van der Waals surface area contributed by atoms with E-state index in [9.17, 15) is 4.79 Å². The Kier molecular flexibility index (Phi) is 5.52. The lowest BCUT2D eigenvalue weighted by molar-refractivity contribution is -0.145. The number of carbonyl (C=O) groups excluding carboxylic acids is 1. The van der Waals surface area contributed by atoms with E-state index in [4.69, 9.17) is 10.5 Å². The summed E-state index contributed by atoms with van der Waals surface area (Å²) >= 11 is 0. The molecule has 94 valence electrons. The summed E-state index contributed by atoms with van der Waals surface area (Å²) in [7, 11) is 0. The summed E-state index contributed by atoms with van der Waals surface area (Å²) in [5.74, 6) is 0.684. The minimum absolute atomic E-state index is 0. The molecule has 16 heavy (non-hydrogen) atoms. The molecule has 2 saturated heterocycles. The second kappa shape index (κ2) is 6.42. The van der Waals surface area contributed by atoms with Crippen molar-refractivity contribution in [2.75, 3.05) is 26.2 Å². The van der Waals surface area contributed by atoms with Gasteiger partial charge in [0, 0.05) is 19.7 Å². The molecular formula is C11H21ClN2O2. The molecule has 2 aliphatic heterocycles. The first kappa shape index (κ1) is 13.7. The number of nitrogens with zero attached hydrogens (tertiary/aromatic N) is 1. The number of nitrogens with two attached hydrogens (primary N) is 1. The first-order valence-electron chi connectivity index (χ1n) is 5.91. The summed E-state index contributed by atoms with van der Waals surface area (Å²) in [4.78, 5) is 13.9. The fraction of sp³-hybridized carbons (Fsp3) is 0.909. The molecule has 5 heteroatoms. The number of hydrogen-bond acceptors (Lipinski definition) is 3. The molecule has 4 nitrogen and oxygen atoms in total. The number of ether oxygens (including phenoxy) is 1. The summed E-state index contributed by atoms with van der Waals surface area (Å²) in [6.07, 6.45) is 3.98. The number of rotatable bonds is 2.